The van der Waals surface area contributed by atoms with Crippen molar-refractivity contribution in [2.24, 2.45) is 0 Å². The monoisotopic (exact) mass is 359 g/mol. The number of carbonyl (C=O) groups excluding carboxylic acids is 1. The average Bonchev–Trinajstić information content (AvgIpc) is 3.02. The minimum absolute atomic E-state index is 0.0653. The van der Waals surface area contributed by atoms with Gasteiger partial charge in [0.1, 0.15) is 11.6 Å². The van der Waals surface area contributed by atoms with Crippen LogP contribution in [0.4, 0.5) is 0 Å². The number of aromatic nitrogens is 3. The lowest BCUT2D eigenvalue weighted by Crippen LogP contribution is -2.17. The number of rotatable bonds is 6. The van der Waals surface area contributed by atoms with Gasteiger partial charge in [0.05, 0.1) is 17.9 Å². The highest BCUT2D eigenvalue weighted by Gasteiger charge is 2.13. The van der Waals surface area contributed by atoms with Crippen molar-refractivity contribution >= 4 is 22.3 Å². The topological polar surface area (TPSA) is 82.8 Å². The summed E-state index contributed by atoms with van der Waals surface area (Å²) in [5, 5.41) is 4.98. The predicted octanol–water partition coefficient (Wildman–Crippen LogP) is 2.01. The fraction of sp³-hybridized carbons (Fsp3) is 0.294. The lowest BCUT2D eigenvalue weighted by molar-refractivity contribution is 0.0467. The van der Waals surface area contributed by atoms with Crippen LogP contribution in [0, 0.1) is 6.92 Å². The molecule has 25 heavy (non-hydrogen) atoms. The molecule has 0 radical (unpaired) electrons. The van der Waals surface area contributed by atoms with E-state index in [1.54, 1.807) is 19.2 Å². The van der Waals surface area contributed by atoms with Crippen molar-refractivity contribution in [3.63, 3.8) is 0 Å². The van der Waals surface area contributed by atoms with Crippen LogP contribution in [0.5, 0.6) is 0 Å². The molecule has 0 bridgehead atoms. The minimum Gasteiger partial charge on any atom is -0.456 e. The number of nitrogens with zero attached hydrogens (tertiary/aromatic N) is 3. The molecule has 0 aliphatic rings. The smallest absolute Gasteiger partial charge is 0.338 e. The molecule has 1 aromatic carbocycles. The van der Waals surface area contributed by atoms with E-state index in [1.807, 2.05) is 19.1 Å². The van der Waals surface area contributed by atoms with E-state index in [4.69, 9.17) is 9.47 Å². The highest BCUT2D eigenvalue weighted by Crippen LogP contribution is 2.13. The van der Waals surface area contributed by atoms with Crippen LogP contribution < -0.4 is 5.56 Å². The van der Waals surface area contributed by atoms with Crippen molar-refractivity contribution in [3.8, 4) is 0 Å². The van der Waals surface area contributed by atoms with Gasteiger partial charge in [-0.05, 0) is 18.6 Å². The highest BCUT2D eigenvalue weighted by atomic mass is 32.1. The van der Waals surface area contributed by atoms with Crippen LogP contribution in [0.2, 0.25) is 0 Å². The van der Waals surface area contributed by atoms with Gasteiger partial charge in [0.15, 0.2) is 0 Å². The standard InChI is InChI=1S/C17H17N3O4S/c1-11-5-3-4-6-13(11)16(22)24-10-12-9-15(21)20-17(18-12)25-14(19-20)7-8-23-2/h3-6,9H,7-8,10H2,1-2H3. The fourth-order valence-corrected chi connectivity index (χ4v) is 3.18. The zero-order chi connectivity index (χ0) is 17.8. The molecule has 2 aromatic heterocycles. The molecule has 0 unspecified atom stereocenters. The third-order valence-corrected chi connectivity index (χ3v) is 4.54. The van der Waals surface area contributed by atoms with Gasteiger partial charge in [0.25, 0.3) is 5.56 Å². The van der Waals surface area contributed by atoms with Crippen molar-refractivity contribution in [1.82, 2.24) is 14.6 Å². The van der Waals surface area contributed by atoms with Crippen molar-refractivity contribution in [2.45, 2.75) is 20.0 Å². The summed E-state index contributed by atoms with van der Waals surface area (Å²) < 4.78 is 11.6. The molecule has 0 aliphatic carbocycles. The predicted molar refractivity (Wildman–Crippen MR) is 93.0 cm³/mol. The van der Waals surface area contributed by atoms with Gasteiger partial charge in [0, 0.05) is 19.6 Å². The molecule has 0 atom stereocenters. The van der Waals surface area contributed by atoms with Gasteiger partial charge >= 0.3 is 5.97 Å². The Balaban J connectivity index is 1.76. The number of carbonyl (C=O) groups is 1. The van der Waals surface area contributed by atoms with Crippen LogP contribution >= 0.6 is 11.3 Å². The van der Waals surface area contributed by atoms with Crippen molar-refractivity contribution < 1.29 is 14.3 Å². The molecule has 3 aromatic rings. The van der Waals surface area contributed by atoms with Gasteiger partial charge in [-0.25, -0.2) is 9.78 Å². The van der Waals surface area contributed by atoms with Crippen LogP contribution in [-0.4, -0.2) is 34.3 Å². The van der Waals surface area contributed by atoms with Crippen LogP contribution in [0.25, 0.3) is 4.96 Å². The number of fused-ring (bicyclic) bond motifs is 1. The molecule has 7 nitrogen and oxygen atoms in total. The molecule has 3 rings (SSSR count). The zero-order valence-electron chi connectivity index (χ0n) is 13.9. The Morgan fingerprint density at radius 2 is 2.12 bits per heavy atom. The van der Waals surface area contributed by atoms with E-state index in [2.05, 4.69) is 10.1 Å². The molecule has 0 N–H and O–H groups in total. The third kappa shape index (κ3) is 3.92. The maximum Gasteiger partial charge on any atom is 0.338 e. The number of benzene rings is 1. The van der Waals surface area contributed by atoms with Crippen LogP contribution in [0.3, 0.4) is 0 Å². The Kier molecular flexibility index (Phi) is 5.20. The van der Waals surface area contributed by atoms with E-state index in [0.29, 0.717) is 29.2 Å². The highest BCUT2D eigenvalue weighted by molar-refractivity contribution is 7.16. The largest absolute Gasteiger partial charge is 0.456 e. The minimum atomic E-state index is -0.440. The molecule has 0 saturated heterocycles. The van der Waals surface area contributed by atoms with E-state index in [-0.39, 0.29) is 12.2 Å². The second-order valence-corrected chi connectivity index (χ2v) is 6.45. The molecule has 0 saturated carbocycles. The van der Waals surface area contributed by atoms with Crippen molar-refractivity contribution in [3.05, 3.63) is 62.5 Å². The van der Waals surface area contributed by atoms with Gasteiger partial charge < -0.3 is 9.47 Å². The summed E-state index contributed by atoms with van der Waals surface area (Å²) >= 11 is 1.32. The van der Waals surface area contributed by atoms with Gasteiger partial charge in [-0.3, -0.25) is 4.79 Å². The van der Waals surface area contributed by atoms with Crippen molar-refractivity contribution in [1.29, 1.82) is 0 Å². The molecule has 2 heterocycles. The maximum absolute atomic E-state index is 12.2. The number of methoxy groups -OCH3 is 1. The van der Waals surface area contributed by atoms with E-state index in [1.165, 1.54) is 21.9 Å². The SMILES string of the molecule is COCCc1nn2c(=O)cc(COC(=O)c3ccccc3C)nc2s1. The molecule has 0 amide bonds. The summed E-state index contributed by atoms with van der Waals surface area (Å²) in [4.78, 5) is 29.1. The van der Waals surface area contributed by atoms with Gasteiger partial charge in [0.2, 0.25) is 4.96 Å². The molecule has 8 heteroatoms. The maximum atomic E-state index is 12.2. The average molecular weight is 359 g/mol. The molecule has 0 spiro atoms. The second-order valence-electron chi connectivity index (χ2n) is 5.41. The quantitative estimate of drug-likeness (QED) is 0.626. The van der Waals surface area contributed by atoms with Gasteiger partial charge in [-0.15, -0.1) is 0 Å². The molecular weight excluding hydrogens is 342 g/mol. The van der Waals surface area contributed by atoms with E-state index in [0.717, 1.165) is 10.6 Å². The van der Waals surface area contributed by atoms with E-state index in [9.17, 15) is 9.59 Å². The molecule has 130 valence electrons. The molecular formula is C17H17N3O4S. The van der Waals surface area contributed by atoms with Crippen LogP contribution in [-0.2, 0) is 22.5 Å². The fourth-order valence-electron chi connectivity index (χ4n) is 2.28. The third-order valence-electron chi connectivity index (χ3n) is 3.58. The second kappa shape index (κ2) is 7.54. The first-order valence-electron chi connectivity index (χ1n) is 7.69. The Morgan fingerprint density at radius 3 is 2.88 bits per heavy atom. The summed E-state index contributed by atoms with van der Waals surface area (Å²) in [6.07, 6.45) is 0.613. The number of hydrogen-bond acceptors (Lipinski definition) is 7. The van der Waals surface area contributed by atoms with Gasteiger partial charge in [-0.1, -0.05) is 29.5 Å². The summed E-state index contributed by atoms with van der Waals surface area (Å²) in [6.45, 7) is 2.30. The first kappa shape index (κ1) is 17.2. The lowest BCUT2D eigenvalue weighted by atomic mass is 10.1. The first-order chi connectivity index (χ1) is 12.1. The normalized spacial score (nSPS) is 11.0. The number of hydrogen-bond donors (Lipinski definition) is 0. The summed E-state index contributed by atoms with van der Waals surface area (Å²) in [7, 11) is 1.61. The van der Waals surface area contributed by atoms with E-state index < -0.39 is 5.97 Å². The van der Waals surface area contributed by atoms with Crippen LogP contribution in [0.1, 0.15) is 26.6 Å². The first-order valence-corrected chi connectivity index (χ1v) is 8.50. The van der Waals surface area contributed by atoms with Gasteiger partial charge in [-0.2, -0.15) is 9.61 Å². The number of esters is 1. The number of ether oxygens (including phenoxy) is 2. The zero-order valence-corrected chi connectivity index (χ0v) is 14.7. The number of aryl methyl sites for hydroxylation is 1. The van der Waals surface area contributed by atoms with E-state index >= 15 is 0 Å². The Hall–Kier alpha value is -2.58. The molecule has 0 fully saturated rings. The Labute approximate surface area is 147 Å². The van der Waals surface area contributed by atoms with Crippen LogP contribution in [0.15, 0.2) is 35.1 Å². The van der Waals surface area contributed by atoms with Crippen molar-refractivity contribution in [2.75, 3.05) is 13.7 Å². The summed E-state index contributed by atoms with van der Waals surface area (Å²) in [6, 6.07) is 8.51. The lowest BCUT2D eigenvalue weighted by Gasteiger charge is -2.06. The Bertz CT molecular complexity index is 964. The Morgan fingerprint density at radius 1 is 1.32 bits per heavy atom. The summed E-state index contributed by atoms with van der Waals surface area (Å²) in [5.74, 6) is -0.440. The molecule has 0 aliphatic heterocycles. The summed E-state index contributed by atoms with van der Waals surface area (Å²) in [5.41, 5.74) is 1.43.